The Morgan fingerprint density at radius 2 is 1.93 bits per heavy atom. The normalized spacial score (nSPS) is 19.7. The molecule has 2 amide bonds. The second kappa shape index (κ2) is 4.97. The number of rotatable bonds is 3. The number of carbonyl (C=O) groups is 2. The van der Waals surface area contributed by atoms with E-state index < -0.39 is 18.3 Å². The first-order chi connectivity index (χ1) is 7.02. The summed E-state index contributed by atoms with van der Waals surface area (Å²) in [5, 5.41) is 9.31. The summed E-state index contributed by atoms with van der Waals surface area (Å²) in [5.74, 6) is -0.374. The molecule has 0 bridgehead atoms. The molecule has 0 aromatic heterocycles. The first kappa shape index (κ1) is 11.8. The van der Waals surface area contributed by atoms with E-state index in [0.29, 0.717) is 13.1 Å². The molecule has 0 spiro atoms. The second-order valence-corrected chi connectivity index (χ2v) is 3.63. The van der Waals surface area contributed by atoms with Crippen LogP contribution >= 0.6 is 0 Å². The summed E-state index contributed by atoms with van der Waals surface area (Å²) in [6.45, 7) is 2.68. The number of amides is 2. The van der Waals surface area contributed by atoms with Crippen LogP contribution in [0.4, 0.5) is 4.79 Å². The zero-order chi connectivity index (χ0) is 11.4. The van der Waals surface area contributed by atoms with Crippen molar-refractivity contribution in [1.82, 2.24) is 4.90 Å². The van der Waals surface area contributed by atoms with Crippen molar-refractivity contribution in [3.8, 4) is 0 Å². The van der Waals surface area contributed by atoms with Gasteiger partial charge in [0.05, 0.1) is 6.10 Å². The fraction of sp³-hybridized carbons (Fsp3) is 0.778. The Hall–Kier alpha value is -1.30. The lowest BCUT2D eigenvalue weighted by molar-refractivity contribution is -0.144. The van der Waals surface area contributed by atoms with Gasteiger partial charge in [-0.2, -0.15) is 0 Å². The molecule has 1 saturated heterocycles. The van der Waals surface area contributed by atoms with Crippen LogP contribution in [0.25, 0.3) is 0 Å². The highest BCUT2D eigenvalue weighted by atomic mass is 16.6. The fourth-order valence-electron chi connectivity index (χ4n) is 1.60. The van der Waals surface area contributed by atoms with Crippen LogP contribution in [0, 0.1) is 0 Å². The summed E-state index contributed by atoms with van der Waals surface area (Å²) < 4.78 is 4.58. The number of likely N-dealkylation sites (tertiary alicyclic amines) is 1. The predicted octanol–water partition coefficient (Wildman–Crippen LogP) is -0.547. The average molecular weight is 216 g/mol. The van der Waals surface area contributed by atoms with Crippen LogP contribution in [0.15, 0.2) is 0 Å². The highest BCUT2D eigenvalue weighted by Crippen LogP contribution is 2.12. The van der Waals surface area contributed by atoms with E-state index in [4.69, 9.17) is 5.73 Å². The lowest BCUT2D eigenvalue weighted by Gasteiger charge is -2.24. The van der Waals surface area contributed by atoms with Crippen molar-refractivity contribution in [2.24, 2.45) is 5.73 Å². The number of nitrogens with two attached hydrogens (primary N) is 1. The Morgan fingerprint density at radius 3 is 2.33 bits per heavy atom. The third kappa shape index (κ3) is 3.09. The Bertz CT molecular complexity index is 248. The van der Waals surface area contributed by atoms with Crippen LogP contribution in [-0.2, 0) is 9.53 Å². The number of ether oxygens (including phenoxy) is 1. The van der Waals surface area contributed by atoms with Crippen LogP contribution in [-0.4, -0.2) is 47.3 Å². The van der Waals surface area contributed by atoms with Gasteiger partial charge in [-0.05, 0) is 19.8 Å². The van der Waals surface area contributed by atoms with E-state index >= 15 is 0 Å². The van der Waals surface area contributed by atoms with Crippen molar-refractivity contribution in [3.63, 3.8) is 0 Å². The molecule has 1 aliphatic rings. The second-order valence-electron chi connectivity index (χ2n) is 3.63. The van der Waals surface area contributed by atoms with E-state index in [-0.39, 0.29) is 5.91 Å². The fourth-order valence-corrected chi connectivity index (χ4v) is 1.60. The lowest BCUT2D eigenvalue weighted by Crippen LogP contribution is -2.46. The summed E-state index contributed by atoms with van der Waals surface area (Å²) in [6.07, 6.45) is -1.40. The minimum Gasteiger partial charge on any atom is -0.433 e. The van der Waals surface area contributed by atoms with Crippen LogP contribution in [0.1, 0.15) is 19.8 Å². The zero-order valence-corrected chi connectivity index (χ0v) is 8.68. The molecule has 1 aliphatic heterocycles. The highest BCUT2D eigenvalue weighted by molar-refractivity contribution is 5.84. The number of aliphatic hydroxyl groups excluding tert-OH is 1. The Morgan fingerprint density at radius 1 is 1.40 bits per heavy atom. The molecule has 15 heavy (non-hydrogen) atoms. The van der Waals surface area contributed by atoms with E-state index in [1.165, 1.54) is 6.92 Å². The third-order valence-electron chi connectivity index (χ3n) is 2.34. The van der Waals surface area contributed by atoms with Gasteiger partial charge in [-0.3, -0.25) is 4.79 Å². The molecule has 86 valence electrons. The number of hydrogen-bond donors (Lipinski definition) is 2. The van der Waals surface area contributed by atoms with Crippen molar-refractivity contribution < 1.29 is 19.4 Å². The topological polar surface area (TPSA) is 92.9 Å². The molecule has 1 rings (SSSR count). The van der Waals surface area contributed by atoms with Crippen molar-refractivity contribution >= 4 is 12.0 Å². The molecule has 2 atom stereocenters. The first-order valence-corrected chi connectivity index (χ1v) is 4.95. The summed E-state index contributed by atoms with van der Waals surface area (Å²) in [7, 11) is 0. The Kier molecular flexibility index (Phi) is 3.90. The Labute approximate surface area is 88.0 Å². The quantitative estimate of drug-likeness (QED) is 0.662. The first-order valence-electron chi connectivity index (χ1n) is 4.95. The SMILES string of the molecule is CC(O)C(OC(N)=O)C(=O)N1CCCC1. The number of primary amides is 1. The minimum absolute atomic E-state index is 0.374. The molecule has 2 unspecified atom stereocenters. The standard InChI is InChI=1S/C9H16N2O4/c1-6(12)7(15-9(10)14)8(13)11-4-2-3-5-11/h6-7,12H,2-5H2,1H3,(H2,10,14). The Balaban J connectivity index is 2.61. The summed E-state index contributed by atoms with van der Waals surface area (Å²) >= 11 is 0. The third-order valence-corrected chi connectivity index (χ3v) is 2.34. The van der Waals surface area contributed by atoms with E-state index in [0.717, 1.165) is 12.8 Å². The van der Waals surface area contributed by atoms with Gasteiger partial charge in [0.2, 0.25) is 6.10 Å². The number of nitrogens with zero attached hydrogens (tertiary/aromatic N) is 1. The smallest absolute Gasteiger partial charge is 0.405 e. The molecule has 0 aromatic rings. The molecule has 1 fully saturated rings. The van der Waals surface area contributed by atoms with Gasteiger partial charge in [-0.15, -0.1) is 0 Å². The number of aliphatic hydroxyl groups is 1. The monoisotopic (exact) mass is 216 g/mol. The summed E-state index contributed by atoms with van der Waals surface area (Å²) in [4.78, 5) is 23.9. The molecule has 3 N–H and O–H groups in total. The van der Waals surface area contributed by atoms with Crippen LogP contribution in [0.3, 0.4) is 0 Å². The zero-order valence-electron chi connectivity index (χ0n) is 8.68. The maximum absolute atomic E-state index is 11.8. The van der Waals surface area contributed by atoms with Gasteiger partial charge in [0, 0.05) is 13.1 Å². The summed E-state index contributed by atoms with van der Waals surface area (Å²) in [5.41, 5.74) is 4.82. The molecular weight excluding hydrogens is 200 g/mol. The van der Waals surface area contributed by atoms with Gasteiger partial charge >= 0.3 is 6.09 Å². The molecule has 0 aromatic carbocycles. The predicted molar refractivity (Wildman–Crippen MR) is 52.0 cm³/mol. The van der Waals surface area contributed by atoms with Gasteiger partial charge in [0.25, 0.3) is 5.91 Å². The van der Waals surface area contributed by atoms with Gasteiger partial charge in [-0.25, -0.2) is 4.79 Å². The molecule has 1 heterocycles. The van der Waals surface area contributed by atoms with Crippen molar-refractivity contribution in [2.75, 3.05) is 13.1 Å². The summed E-state index contributed by atoms with van der Waals surface area (Å²) in [6, 6.07) is 0. The van der Waals surface area contributed by atoms with Gasteiger partial charge in [-0.1, -0.05) is 0 Å². The molecule has 0 radical (unpaired) electrons. The maximum atomic E-state index is 11.8. The molecule has 0 aliphatic carbocycles. The largest absolute Gasteiger partial charge is 0.433 e. The van der Waals surface area contributed by atoms with Crippen LogP contribution in [0.5, 0.6) is 0 Å². The van der Waals surface area contributed by atoms with E-state index in [1.54, 1.807) is 4.90 Å². The minimum atomic E-state index is -1.18. The molecule has 0 saturated carbocycles. The average Bonchev–Trinajstić information content (AvgIpc) is 2.65. The number of hydrogen-bond acceptors (Lipinski definition) is 4. The molecule has 6 heteroatoms. The highest BCUT2D eigenvalue weighted by Gasteiger charge is 2.32. The van der Waals surface area contributed by atoms with E-state index in [9.17, 15) is 14.7 Å². The molecule has 6 nitrogen and oxygen atoms in total. The van der Waals surface area contributed by atoms with Crippen molar-refractivity contribution in [1.29, 1.82) is 0 Å². The lowest BCUT2D eigenvalue weighted by atomic mass is 10.2. The maximum Gasteiger partial charge on any atom is 0.405 e. The van der Waals surface area contributed by atoms with E-state index in [1.807, 2.05) is 0 Å². The van der Waals surface area contributed by atoms with Crippen molar-refractivity contribution in [3.05, 3.63) is 0 Å². The van der Waals surface area contributed by atoms with Crippen LogP contribution in [0.2, 0.25) is 0 Å². The van der Waals surface area contributed by atoms with Crippen LogP contribution < -0.4 is 5.73 Å². The van der Waals surface area contributed by atoms with Gasteiger partial charge < -0.3 is 20.5 Å². The van der Waals surface area contributed by atoms with E-state index in [2.05, 4.69) is 4.74 Å². The van der Waals surface area contributed by atoms with Gasteiger partial charge in [0.15, 0.2) is 0 Å². The number of carbonyl (C=O) groups excluding carboxylic acids is 2. The van der Waals surface area contributed by atoms with Gasteiger partial charge in [0.1, 0.15) is 0 Å². The molecular formula is C9H16N2O4. The van der Waals surface area contributed by atoms with Crippen molar-refractivity contribution in [2.45, 2.75) is 32.0 Å².